The third-order valence-electron chi connectivity index (χ3n) is 11.8. The van der Waals surface area contributed by atoms with E-state index in [4.69, 9.17) is 0 Å². The van der Waals surface area contributed by atoms with E-state index in [9.17, 15) is 0 Å². The maximum atomic E-state index is 2.55. The fourth-order valence-electron chi connectivity index (χ4n) is 9.56. The summed E-state index contributed by atoms with van der Waals surface area (Å²) in [7, 11) is 0. The van der Waals surface area contributed by atoms with E-state index in [1.54, 1.807) is 0 Å². The normalized spacial score (nSPS) is 16.1. The number of hydrogen-bond donors (Lipinski definition) is 0. The molecule has 2 nitrogen and oxygen atoms in total. The molecule has 0 saturated carbocycles. The summed E-state index contributed by atoms with van der Waals surface area (Å²) in [5.74, 6) is 0.471. The standard InChI is InChI=1S/C50H42N2S/c1-34(2)41-23-14-26-45-47(41)42-28-27-40(33-46(42)53-45)52(39-21-10-5-11-22-39)44-25-13-16-36-30-32-50(49(36)44)31-29-35-15-12-24-43(48(35)50)51(37-17-6-3-7-18-37)38-19-8-4-9-20-38/h3-28,33-34H,29-32H2,1-2H3/t50-/m1/s1. The molecule has 258 valence electrons. The molecule has 0 amide bonds. The van der Waals surface area contributed by atoms with Gasteiger partial charge in [-0.25, -0.2) is 0 Å². The van der Waals surface area contributed by atoms with E-state index in [-0.39, 0.29) is 5.41 Å². The van der Waals surface area contributed by atoms with Crippen LogP contribution < -0.4 is 9.80 Å². The van der Waals surface area contributed by atoms with Gasteiger partial charge in [0.25, 0.3) is 0 Å². The van der Waals surface area contributed by atoms with Crippen molar-refractivity contribution in [3.8, 4) is 0 Å². The van der Waals surface area contributed by atoms with E-state index in [0.717, 1.165) is 25.7 Å². The average Bonchev–Trinajstić information content (AvgIpc) is 3.90. The summed E-state index contributed by atoms with van der Waals surface area (Å²) in [6.45, 7) is 4.61. The predicted molar refractivity (Wildman–Crippen MR) is 227 cm³/mol. The van der Waals surface area contributed by atoms with Crippen molar-refractivity contribution in [1.29, 1.82) is 0 Å². The quantitative estimate of drug-likeness (QED) is 0.163. The molecule has 0 saturated heterocycles. The van der Waals surface area contributed by atoms with Crippen LogP contribution in [0.3, 0.4) is 0 Å². The summed E-state index contributed by atoms with van der Waals surface area (Å²) in [5.41, 5.74) is 14.6. The van der Waals surface area contributed by atoms with Gasteiger partial charge in [-0.1, -0.05) is 111 Å². The summed E-state index contributed by atoms with van der Waals surface area (Å²) >= 11 is 1.92. The predicted octanol–water partition coefficient (Wildman–Crippen LogP) is 14.3. The number of aryl methyl sites for hydroxylation is 2. The fraction of sp³-hybridized carbons (Fsp3) is 0.160. The Kier molecular flexibility index (Phi) is 7.73. The van der Waals surface area contributed by atoms with Crippen molar-refractivity contribution in [2.75, 3.05) is 9.80 Å². The smallest absolute Gasteiger partial charge is 0.0505 e. The van der Waals surface area contributed by atoms with Crippen LogP contribution in [0.25, 0.3) is 20.2 Å². The lowest BCUT2D eigenvalue weighted by molar-refractivity contribution is 0.508. The number of anilines is 6. The van der Waals surface area contributed by atoms with Gasteiger partial charge in [0.05, 0.1) is 11.4 Å². The van der Waals surface area contributed by atoms with E-state index in [1.165, 1.54) is 82.1 Å². The first-order chi connectivity index (χ1) is 26.1. The van der Waals surface area contributed by atoms with Crippen molar-refractivity contribution in [2.45, 2.75) is 50.9 Å². The lowest BCUT2D eigenvalue weighted by atomic mass is 9.74. The lowest BCUT2D eigenvalue weighted by Gasteiger charge is -2.37. The zero-order valence-electron chi connectivity index (χ0n) is 30.3. The van der Waals surface area contributed by atoms with Gasteiger partial charge in [-0.05, 0) is 126 Å². The van der Waals surface area contributed by atoms with Crippen LogP contribution >= 0.6 is 11.3 Å². The van der Waals surface area contributed by atoms with Crippen LogP contribution in [0.2, 0.25) is 0 Å². The molecule has 0 fully saturated rings. The van der Waals surface area contributed by atoms with Gasteiger partial charge in [0.15, 0.2) is 0 Å². The average molecular weight is 703 g/mol. The first kappa shape index (κ1) is 32.0. The molecule has 2 aliphatic rings. The van der Waals surface area contributed by atoms with Crippen molar-refractivity contribution in [1.82, 2.24) is 0 Å². The number of para-hydroxylation sites is 3. The highest BCUT2D eigenvalue weighted by atomic mass is 32.1. The van der Waals surface area contributed by atoms with Crippen LogP contribution in [0.15, 0.2) is 164 Å². The van der Waals surface area contributed by atoms with Gasteiger partial charge in [0, 0.05) is 48.3 Å². The Morgan fingerprint density at radius 1 is 0.491 bits per heavy atom. The van der Waals surface area contributed by atoms with Gasteiger partial charge in [-0.15, -0.1) is 11.3 Å². The molecule has 10 rings (SSSR count). The highest BCUT2D eigenvalue weighted by Gasteiger charge is 2.49. The summed E-state index contributed by atoms with van der Waals surface area (Å²) in [5, 5.41) is 2.77. The van der Waals surface area contributed by atoms with Gasteiger partial charge >= 0.3 is 0 Å². The summed E-state index contributed by atoms with van der Waals surface area (Å²) in [6.07, 6.45) is 4.36. The third kappa shape index (κ3) is 5.13. The van der Waals surface area contributed by atoms with Crippen LogP contribution in [0.4, 0.5) is 34.1 Å². The Bertz CT molecular complexity index is 2560. The first-order valence-electron chi connectivity index (χ1n) is 19.1. The Balaban J connectivity index is 1.19. The van der Waals surface area contributed by atoms with Crippen molar-refractivity contribution >= 4 is 65.6 Å². The molecule has 1 spiro atoms. The molecule has 8 aromatic rings. The summed E-state index contributed by atoms with van der Waals surface area (Å²) < 4.78 is 2.70. The molecule has 0 N–H and O–H groups in total. The lowest BCUT2D eigenvalue weighted by Crippen LogP contribution is -2.27. The van der Waals surface area contributed by atoms with E-state index >= 15 is 0 Å². The van der Waals surface area contributed by atoms with E-state index < -0.39 is 0 Å². The largest absolute Gasteiger partial charge is 0.310 e. The van der Waals surface area contributed by atoms with Crippen molar-refractivity contribution in [2.24, 2.45) is 0 Å². The monoisotopic (exact) mass is 702 g/mol. The van der Waals surface area contributed by atoms with E-state index in [1.807, 2.05) is 11.3 Å². The zero-order valence-corrected chi connectivity index (χ0v) is 31.1. The number of rotatable bonds is 7. The Morgan fingerprint density at radius 2 is 1.00 bits per heavy atom. The molecule has 1 heterocycles. The van der Waals surface area contributed by atoms with Gasteiger partial charge in [-0.3, -0.25) is 0 Å². The number of nitrogens with zero attached hydrogens (tertiary/aromatic N) is 2. The second kappa shape index (κ2) is 12.8. The Morgan fingerprint density at radius 3 is 1.53 bits per heavy atom. The highest BCUT2D eigenvalue weighted by Crippen LogP contribution is 2.60. The maximum Gasteiger partial charge on any atom is 0.0505 e. The van der Waals surface area contributed by atoms with Crippen LogP contribution in [-0.4, -0.2) is 0 Å². The van der Waals surface area contributed by atoms with E-state index in [0.29, 0.717) is 5.92 Å². The molecule has 0 aliphatic heterocycles. The van der Waals surface area contributed by atoms with Gasteiger partial charge in [-0.2, -0.15) is 0 Å². The SMILES string of the molecule is CC(C)c1cccc2sc3cc(N(c4ccccc4)c4cccc5c4[C@]4(CCc6cccc(N(c7ccccc7)c7ccccc7)c64)CC5)ccc3c12. The van der Waals surface area contributed by atoms with Gasteiger partial charge in [0.1, 0.15) is 0 Å². The second-order valence-electron chi connectivity index (χ2n) is 15.0. The molecule has 3 heteroatoms. The number of thiophene rings is 1. The Hall–Kier alpha value is -5.64. The fourth-order valence-corrected chi connectivity index (χ4v) is 10.7. The highest BCUT2D eigenvalue weighted by molar-refractivity contribution is 7.25. The number of fused-ring (bicyclic) bond motifs is 7. The third-order valence-corrected chi connectivity index (χ3v) is 12.9. The minimum absolute atomic E-state index is 0.111. The molecule has 7 aromatic carbocycles. The van der Waals surface area contributed by atoms with Gasteiger partial charge < -0.3 is 9.80 Å². The molecule has 2 aliphatic carbocycles. The minimum atomic E-state index is -0.111. The van der Waals surface area contributed by atoms with Crippen molar-refractivity contribution in [3.05, 3.63) is 192 Å². The molecule has 53 heavy (non-hydrogen) atoms. The molecular weight excluding hydrogens is 661 g/mol. The maximum absolute atomic E-state index is 2.55. The first-order valence-corrected chi connectivity index (χ1v) is 19.9. The van der Waals surface area contributed by atoms with Crippen molar-refractivity contribution in [3.63, 3.8) is 0 Å². The summed E-state index contributed by atoms with van der Waals surface area (Å²) in [6, 6.07) is 60.9. The molecule has 1 atom stereocenters. The molecule has 1 aromatic heterocycles. The Labute approximate surface area is 316 Å². The van der Waals surface area contributed by atoms with Crippen LogP contribution in [0, 0.1) is 0 Å². The van der Waals surface area contributed by atoms with Crippen LogP contribution in [0.1, 0.15) is 60.4 Å². The number of hydrogen-bond acceptors (Lipinski definition) is 3. The molecular formula is C50H42N2S. The van der Waals surface area contributed by atoms with Crippen LogP contribution in [-0.2, 0) is 18.3 Å². The molecule has 0 unspecified atom stereocenters. The zero-order chi connectivity index (χ0) is 35.5. The minimum Gasteiger partial charge on any atom is -0.310 e. The van der Waals surface area contributed by atoms with E-state index in [2.05, 4.69) is 187 Å². The number of benzene rings is 7. The van der Waals surface area contributed by atoms with Gasteiger partial charge in [0.2, 0.25) is 0 Å². The topological polar surface area (TPSA) is 6.48 Å². The molecule has 0 bridgehead atoms. The second-order valence-corrected chi connectivity index (χ2v) is 16.1. The summed E-state index contributed by atoms with van der Waals surface area (Å²) in [4.78, 5) is 5.04. The molecule has 0 radical (unpaired) electrons. The van der Waals surface area contributed by atoms with Crippen molar-refractivity contribution < 1.29 is 0 Å². The van der Waals surface area contributed by atoms with Crippen LogP contribution in [0.5, 0.6) is 0 Å².